The Morgan fingerprint density at radius 1 is 1.24 bits per heavy atom. The van der Waals surface area contributed by atoms with Gasteiger partial charge in [-0.15, -0.1) is 0 Å². The first kappa shape index (κ1) is 16.5. The van der Waals surface area contributed by atoms with Gasteiger partial charge in [0.1, 0.15) is 0 Å². The number of carbonyl (C=O) groups excluding carboxylic acids is 1. The Hall–Kier alpha value is -0.830. The number of carbonyl (C=O) groups is 1. The fourth-order valence-corrected chi connectivity index (χ4v) is 2.91. The highest BCUT2D eigenvalue weighted by molar-refractivity contribution is 9.09. The van der Waals surface area contributed by atoms with E-state index in [1.807, 2.05) is 12.1 Å². The van der Waals surface area contributed by atoms with Crippen molar-refractivity contribution in [3.05, 3.63) is 35.4 Å². The molecule has 0 aliphatic heterocycles. The van der Waals surface area contributed by atoms with E-state index in [4.69, 9.17) is 0 Å². The van der Waals surface area contributed by atoms with Gasteiger partial charge in [0.05, 0.1) is 0 Å². The fourth-order valence-electron chi connectivity index (χ4n) is 2.66. The molecule has 21 heavy (non-hydrogen) atoms. The maximum absolute atomic E-state index is 12.8. The maximum atomic E-state index is 12.8. The van der Waals surface area contributed by atoms with Gasteiger partial charge in [-0.05, 0) is 48.8 Å². The maximum Gasteiger partial charge on any atom is 0.254 e. The van der Waals surface area contributed by atoms with Crippen LogP contribution in [0.15, 0.2) is 24.3 Å². The molecule has 3 heteroatoms. The predicted octanol–water partition coefficient (Wildman–Crippen LogP) is 4.76. The van der Waals surface area contributed by atoms with Crippen molar-refractivity contribution >= 4 is 21.8 Å². The summed E-state index contributed by atoms with van der Waals surface area (Å²) in [5, 5.41) is 0.951. The van der Waals surface area contributed by atoms with Crippen molar-refractivity contribution in [3.63, 3.8) is 0 Å². The van der Waals surface area contributed by atoms with Crippen LogP contribution in [0.2, 0.25) is 0 Å². The van der Waals surface area contributed by atoms with E-state index in [0.717, 1.165) is 36.7 Å². The highest BCUT2D eigenvalue weighted by Gasteiger charge is 2.29. The van der Waals surface area contributed by atoms with Crippen LogP contribution in [0.25, 0.3) is 0 Å². The molecule has 1 aromatic carbocycles. The number of nitrogens with zero attached hydrogens (tertiary/aromatic N) is 1. The lowest BCUT2D eigenvalue weighted by molar-refractivity contribution is 0.0581. The third kappa shape index (κ3) is 4.09. The lowest BCUT2D eigenvalue weighted by Gasteiger charge is -2.37. The van der Waals surface area contributed by atoms with Gasteiger partial charge in [-0.3, -0.25) is 4.79 Å². The van der Waals surface area contributed by atoms with Crippen molar-refractivity contribution in [2.75, 3.05) is 11.9 Å². The van der Waals surface area contributed by atoms with Crippen LogP contribution in [0.4, 0.5) is 0 Å². The molecule has 1 saturated carbocycles. The van der Waals surface area contributed by atoms with Crippen molar-refractivity contribution in [1.29, 1.82) is 0 Å². The molecule has 0 saturated heterocycles. The summed E-state index contributed by atoms with van der Waals surface area (Å²) in [5.74, 6) is 0.195. The van der Waals surface area contributed by atoms with Gasteiger partial charge in [0.15, 0.2) is 0 Å². The molecule has 116 valence electrons. The van der Waals surface area contributed by atoms with Crippen LogP contribution >= 0.6 is 15.9 Å². The largest absolute Gasteiger partial charge is 0.336 e. The Morgan fingerprint density at radius 2 is 1.86 bits per heavy atom. The SMILES string of the molecule is CC(C)(C)c1ccc(C(=O)N(CCCBr)C2CCC2)cc1. The number of halogens is 1. The van der Waals surface area contributed by atoms with Crippen molar-refractivity contribution in [3.8, 4) is 0 Å². The second-order valence-electron chi connectivity index (χ2n) is 6.95. The normalized spacial score (nSPS) is 15.6. The van der Waals surface area contributed by atoms with Gasteiger partial charge in [-0.2, -0.15) is 0 Å². The zero-order chi connectivity index (χ0) is 15.5. The average molecular weight is 352 g/mol. The molecule has 0 aromatic heterocycles. The number of hydrogen-bond donors (Lipinski definition) is 0. The average Bonchev–Trinajstić information content (AvgIpc) is 2.39. The first-order valence-electron chi connectivity index (χ1n) is 7.91. The van der Waals surface area contributed by atoms with Gasteiger partial charge < -0.3 is 4.90 Å². The summed E-state index contributed by atoms with van der Waals surface area (Å²) in [6.07, 6.45) is 4.59. The van der Waals surface area contributed by atoms with E-state index >= 15 is 0 Å². The fraction of sp³-hybridized carbons (Fsp3) is 0.611. The molecule has 1 amide bonds. The molecule has 2 rings (SSSR count). The highest BCUT2D eigenvalue weighted by atomic mass is 79.9. The Morgan fingerprint density at radius 3 is 2.29 bits per heavy atom. The van der Waals surface area contributed by atoms with E-state index in [-0.39, 0.29) is 11.3 Å². The summed E-state index contributed by atoms with van der Waals surface area (Å²) in [6.45, 7) is 7.44. The third-order valence-electron chi connectivity index (χ3n) is 4.31. The van der Waals surface area contributed by atoms with Crippen molar-refractivity contribution in [2.24, 2.45) is 0 Å². The van der Waals surface area contributed by atoms with E-state index < -0.39 is 0 Å². The molecular formula is C18H26BrNO. The van der Waals surface area contributed by atoms with E-state index in [1.165, 1.54) is 12.0 Å². The van der Waals surface area contributed by atoms with Crippen molar-refractivity contribution < 1.29 is 4.79 Å². The van der Waals surface area contributed by atoms with Crippen LogP contribution in [0.1, 0.15) is 62.4 Å². The van der Waals surface area contributed by atoms with E-state index in [0.29, 0.717) is 6.04 Å². The molecule has 1 fully saturated rings. The number of alkyl halides is 1. The second-order valence-corrected chi connectivity index (χ2v) is 7.75. The quantitative estimate of drug-likeness (QED) is 0.700. The van der Waals surface area contributed by atoms with E-state index in [9.17, 15) is 4.79 Å². The Balaban J connectivity index is 2.12. The second kappa shape index (κ2) is 6.95. The zero-order valence-electron chi connectivity index (χ0n) is 13.4. The molecule has 0 heterocycles. The smallest absolute Gasteiger partial charge is 0.254 e. The minimum atomic E-state index is 0.130. The molecule has 1 aromatic rings. The van der Waals surface area contributed by atoms with Crippen LogP contribution in [0.5, 0.6) is 0 Å². The summed E-state index contributed by atoms with van der Waals surface area (Å²) < 4.78 is 0. The topological polar surface area (TPSA) is 20.3 Å². The molecular weight excluding hydrogens is 326 g/mol. The van der Waals surface area contributed by atoms with E-state index in [2.05, 4.69) is 53.7 Å². The molecule has 0 bridgehead atoms. The third-order valence-corrected chi connectivity index (χ3v) is 4.87. The van der Waals surface area contributed by atoms with Crippen LogP contribution in [0, 0.1) is 0 Å². The summed E-state index contributed by atoms with van der Waals surface area (Å²) >= 11 is 3.47. The van der Waals surface area contributed by atoms with Crippen LogP contribution < -0.4 is 0 Å². The minimum absolute atomic E-state index is 0.130. The zero-order valence-corrected chi connectivity index (χ0v) is 14.9. The lowest BCUT2D eigenvalue weighted by atomic mass is 9.86. The number of benzene rings is 1. The highest BCUT2D eigenvalue weighted by Crippen LogP contribution is 2.27. The molecule has 0 radical (unpaired) electrons. The van der Waals surface area contributed by atoms with Gasteiger partial charge in [0.2, 0.25) is 0 Å². The summed E-state index contributed by atoms with van der Waals surface area (Å²) in [7, 11) is 0. The Bertz CT molecular complexity index is 471. The van der Waals surface area contributed by atoms with Crippen LogP contribution in [-0.4, -0.2) is 28.7 Å². The molecule has 0 N–H and O–H groups in total. The van der Waals surface area contributed by atoms with Crippen molar-refractivity contribution in [1.82, 2.24) is 4.90 Å². The molecule has 0 unspecified atom stereocenters. The van der Waals surface area contributed by atoms with Gasteiger partial charge in [-0.25, -0.2) is 0 Å². The standard InChI is InChI=1S/C18H26BrNO/c1-18(2,3)15-10-8-14(9-11-15)17(21)20(13-5-12-19)16-6-4-7-16/h8-11,16H,4-7,12-13H2,1-3H3. The lowest BCUT2D eigenvalue weighted by Crippen LogP contribution is -2.44. The predicted molar refractivity (Wildman–Crippen MR) is 92.2 cm³/mol. The summed E-state index contributed by atoms with van der Waals surface area (Å²) in [5.41, 5.74) is 2.23. The first-order valence-corrected chi connectivity index (χ1v) is 9.03. The molecule has 1 aliphatic rings. The van der Waals surface area contributed by atoms with Gasteiger partial charge in [0.25, 0.3) is 5.91 Å². The Kier molecular flexibility index (Phi) is 5.48. The molecule has 0 spiro atoms. The Labute approximate surface area is 137 Å². The van der Waals surface area contributed by atoms with Crippen molar-refractivity contribution in [2.45, 2.75) is 57.9 Å². The number of amides is 1. The summed E-state index contributed by atoms with van der Waals surface area (Å²) in [4.78, 5) is 14.8. The van der Waals surface area contributed by atoms with E-state index in [1.54, 1.807) is 0 Å². The van der Waals surface area contributed by atoms with Gasteiger partial charge in [-0.1, -0.05) is 48.8 Å². The van der Waals surface area contributed by atoms with Gasteiger partial charge in [0, 0.05) is 23.5 Å². The minimum Gasteiger partial charge on any atom is -0.336 e. The molecule has 1 aliphatic carbocycles. The number of rotatable bonds is 5. The molecule has 2 nitrogen and oxygen atoms in total. The first-order chi connectivity index (χ1) is 9.93. The van der Waals surface area contributed by atoms with Gasteiger partial charge >= 0.3 is 0 Å². The summed E-state index contributed by atoms with van der Waals surface area (Å²) in [6, 6.07) is 8.62. The van der Waals surface area contributed by atoms with Crippen LogP contribution in [-0.2, 0) is 5.41 Å². The molecule has 0 atom stereocenters. The monoisotopic (exact) mass is 351 g/mol. The van der Waals surface area contributed by atoms with Crippen LogP contribution in [0.3, 0.4) is 0 Å². The number of hydrogen-bond acceptors (Lipinski definition) is 1.